The Morgan fingerprint density at radius 2 is 1.72 bits per heavy atom. The molecule has 6 aromatic rings. The second-order valence-electron chi connectivity index (χ2n) is 13.4. The molecule has 0 unspecified atom stereocenters. The van der Waals surface area contributed by atoms with Gasteiger partial charge in [0, 0.05) is 39.3 Å². The Morgan fingerprint density at radius 3 is 2.43 bits per heavy atom. The molecule has 3 aromatic carbocycles. The molecule has 0 aliphatic heterocycles. The van der Waals surface area contributed by atoms with Crippen LogP contribution in [0.15, 0.2) is 89.6 Å². The van der Waals surface area contributed by atoms with Gasteiger partial charge in [-0.1, -0.05) is 100.0 Å². The third kappa shape index (κ3) is 7.57. The van der Waals surface area contributed by atoms with Crippen molar-refractivity contribution < 1.29 is 30.3 Å². The zero-order valence-electron chi connectivity index (χ0n) is 28.2. The first kappa shape index (κ1) is 32.5. The van der Waals surface area contributed by atoms with E-state index in [1.54, 1.807) is 12.1 Å². The van der Waals surface area contributed by atoms with Crippen LogP contribution in [0.25, 0.3) is 44.5 Å². The molecule has 239 valence electrons. The number of aromatic nitrogens is 2. The van der Waals surface area contributed by atoms with E-state index in [9.17, 15) is 4.39 Å². The van der Waals surface area contributed by atoms with Gasteiger partial charge in [-0.25, -0.2) is 4.39 Å². The van der Waals surface area contributed by atoms with Gasteiger partial charge in [0.15, 0.2) is 11.4 Å². The number of hydrogen-bond acceptors (Lipinski definition) is 3. The monoisotopic (exact) mass is 806 g/mol. The van der Waals surface area contributed by atoms with Gasteiger partial charge in [0.2, 0.25) is 0 Å². The van der Waals surface area contributed by atoms with Gasteiger partial charge in [-0.05, 0) is 46.9 Å². The van der Waals surface area contributed by atoms with Gasteiger partial charge >= 0.3 is 0 Å². The zero-order chi connectivity index (χ0) is 32.5. The standard InChI is InChI=1S/C23H19FNO.C17H22NSi.Ir/c24-20-7-3-6-18-19-14-17(8-9-22(19)26-23(18)20)21-13-16(10-11-25-21)12-15-4-1-2-5-15;1-13(2)15-11-16(14-9-7-6-8-10-14)18-12-17(15)19(3,4)5;/h3,6-7,9-11,13-15H,1-2,4-5,12H2;6-9,11-13H,1-5H3;/q2*-1;/i;13D;. The van der Waals surface area contributed by atoms with E-state index in [0.29, 0.717) is 11.2 Å². The first-order chi connectivity index (χ1) is 22.0. The molecule has 1 radical (unpaired) electrons. The Morgan fingerprint density at radius 1 is 0.935 bits per heavy atom. The maximum atomic E-state index is 14.0. The van der Waals surface area contributed by atoms with Crippen molar-refractivity contribution >= 4 is 35.2 Å². The number of furan rings is 1. The van der Waals surface area contributed by atoms with Crippen LogP contribution in [0.5, 0.6) is 0 Å². The summed E-state index contributed by atoms with van der Waals surface area (Å²) >= 11 is 0. The molecular formula is C40H41FIrN2OSi-2. The quantitative estimate of drug-likeness (QED) is 0.124. The molecule has 0 bridgehead atoms. The minimum absolute atomic E-state index is 0. The molecule has 3 heterocycles. The van der Waals surface area contributed by atoms with E-state index in [2.05, 4.69) is 59.9 Å². The normalized spacial score (nSPS) is 14.1. The summed E-state index contributed by atoms with van der Waals surface area (Å²) in [7, 11) is -1.50. The summed E-state index contributed by atoms with van der Waals surface area (Å²) in [6.45, 7) is 10.8. The number of pyridine rings is 2. The van der Waals surface area contributed by atoms with Gasteiger partial charge < -0.3 is 14.4 Å². The van der Waals surface area contributed by atoms with E-state index < -0.39 is 14.0 Å². The van der Waals surface area contributed by atoms with Crippen LogP contribution in [0.4, 0.5) is 4.39 Å². The molecule has 0 saturated heterocycles. The Kier molecular flexibility index (Phi) is 10.3. The van der Waals surface area contributed by atoms with E-state index >= 15 is 0 Å². The molecule has 1 fully saturated rings. The van der Waals surface area contributed by atoms with Crippen molar-refractivity contribution in [3.63, 3.8) is 0 Å². The third-order valence-corrected chi connectivity index (χ3v) is 10.7. The number of halogens is 1. The van der Waals surface area contributed by atoms with Crippen molar-refractivity contribution in [3.8, 4) is 22.5 Å². The van der Waals surface area contributed by atoms with Crippen molar-refractivity contribution in [1.82, 2.24) is 9.97 Å². The fourth-order valence-corrected chi connectivity index (χ4v) is 7.90. The third-order valence-electron chi connectivity index (χ3n) is 8.72. The smallest absolute Gasteiger partial charge is 0.165 e. The molecule has 1 aliphatic rings. The van der Waals surface area contributed by atoms with Crippen LogP contribution >= 0.6 is 0 Å². The second kappa shape index (κ2) is 14.5. The van der Waals surface area contributed by atoms with Crippen LogP contribution in [0, 0.1) is 23.9 Å². The van der Waals surface area contributed by atoms with Crippen LogP contribution in [0.2, 0.25) is 19.6 Å². The van der Waals surface area contributed by atoms with Crippen molar-refractivity contribution in [1.29, 1.82) is 0 Å². The molecule has 0 spiro atoms. The maximum Gasteiger partial charge on any atom is 0.165 e. The summed E-state index contributed by atoms with van der Waals surface area (Å²) < 4.78 is 28.1. The van der Waals surface area contributed by atoms with Crippen LogP contribution < -0.4 is 5.19 Å². The van der Waals surface area contributed by atoms with Crippen LogP contribution in [0.3, 0.4) is 0 Å². The fraction of sp³-hybridized carbons (Fsp3) is 0.300. The van der Waals surface area contributed by atoms with Crippen molar-refractivity contribution in [3.05, 3.63) is 114 Å². The fourth-order valence-electron chi connectivity index (χ4n) is 6.32. The predicted octanol–water partition coefficient (Wildman–Crippen LogP) is 10.5. The topological polar surface area (TPSA) is 38.9 Å². The molecule has 0 atom stereocenters. The minimum Gasteiger partial charge on any atom is -0.497 e. The Balaban J connectivity index is 0.000000188. The van der Waals surface area contributed by atoms with Crippen molar-refractivity contribution in [2.24, 2.45) is 5.92 Å². The summed E-state index contributed by atoms with van der Waals surface area (Å²) in [5.41, 5.74) is 7.10. The van der Waals surface area contributed by atoms with E-state index in [1.165, 1.54) is 42.5 Å². The number of benzene rings is 3. The molecule has 0 N–H and O–H groups in total. The average Bonchev–Trinajstić information content (AvgIpc) is 3.69. The minimum atomic E-state index is -1.50. The number of fused-ring (bicyclic) bond motifs is 3. The summed E-state index contributed by atoms with van der Waals surface area (Å²) in [4.78, 5) is 9.15. The van der Waals surface area contributed by atoms with E-state index in [-0.39, 0.29) is 25.9 Å². The van der Waals surface area contributed by atoms with Gasteiger partial charge in [0.25, 0.3) is 0 Å². The van der Waals surface area contributed by atoms with E-state index in [4.69, 9.17) is 5.79 Å². The first-order valence-electron chi connectivity index (χ1n) is 16.4. The van der Waals surface area contributed by atoms with Crippen molar-refractivity contribution in [2.45, 2.75) is 71.5 Å². The van der Waals surface area contributed by atoms with Gasteiger partial charge in [0.05, 0.1) is 13.7 Å². The Bertz CT molecular complexity index is 1970. The largest absolute Gasteiger partial charge is 0.497 e. The van der Waals surface area contributed by atoms with E-state index in [1.807, 2.05) is 62.6 Å². The van der Waals surface area contributed by atoms with Gasteiger partial charge in [-0.3, -0.25) is 0 Å². The molecule has 7 rings (SSSR count). The summed E-state index contributed by atoms with van der Waals surface area (Å²) in [5, 5.41) is 2.96. The number of nitrogens with zero attached hydrogens (tertiary/aromatic N) is 2. The SMILES string of the molecule is Fc1cccc2c1oc1c[c-]c(-c3cc(CC4CCCC4)ccn3)cc12.[2H]C(C)(C)c1cc(-c2[c-]cccc2)ncc1[Si](C)(C)C.[Ir]. The predicted molar refractivity (Wildman–Crippen MR) is 187 cm³/mol. The molecule has 1 aliphatic carbocycles. The number of hydrogen-bond donors (Lipinski definition) is 0. The number of para-hydroxylation sites is 1. The summed E-state index contributed by atoms with van der Waals surface area (Å²) in [6.07, 6.45) is 10.4. The molecule has 1 saturated carbocycles. The first-order valence-corrected chi connectivity index (χ1v) is 19.4. The zero-order valence-corrected chi connectivity index (χ0v) is 30.6. The molecule has 6 heteroatoms. The van der Waals surface area contributed by atoms with Gasteiger partial charge in [-0.2, -0.15) is 0 Å². The number of rotatable bonds is 6. The summed E-state index contributed by atoms with van der Waals surface area (Å²) in [6, 6.07) is 29.5. The molecular weight excluding hydrogens is 764 g/mol. The van der Waals surface area contributed by atoms with E-state index in [0.717, 1.165) is 51.2 Å². The Labute approximate surface area is 288 Å². The van der Waals surface area contributed by atoms with Gasteiger partial charge in [-0.15, -0.1) is 59.7 Å². The maximum absolute atomic E-state index is 14.0. The summed E-state index contributed by atoms with van der Waals surface area (Å²) in [5.74, 6) is -0.142. The second-order valence-corrected chi connectivity index (χ2v) is 18.4. The Hall–Kier alpha value is -3.44. The molecule has 46 heavy (non-hydrogen) atoms. The van der Waals surface area contributed by atoms with Crippen molar-refractivity contribution in [2.75, 3.05) is 0 Å². The van der Waals surface area contributed by atoms with Crippen LogP contribution in [-0.4, -0.2) is 18.0 Å². The molecule has 0 amide bonds. The van der Waals surface area contributed by atoms with Crippen LogP contribution in [0.1, 0.15) is 57.9 Å². The van der Waals surface area contributed by atoms with Gasteiger partial charge in [0.1, 0.15) is 0 Å². The average molecular weight is 806 g/mol. The molecule has 3 nitrogen and oxygen atoms in total. The molecule has 3 aromatic heterocycles. The van der Waals surface area contributed by atoms with Crippen LogP contribution in [-0.2, 0) is 26.5 Å².